The Kier molecular flexibility index (Phi) is 7.64. The first-order chi connectivity index (χ1) is 17.5. The Bertz CT molecular complexity index is 1320. The summed E-state index contributed by atoms with van der Waals surface area (Å²) in [6.45, 7) is 0.438. The average Bonchev–Trinajstić information content (AvgIpc) is 2.90. The van der Waals surface area contributed by atoms with Gasteiger partial charge in [-0.05, 0) is 47.5 Å². The van der Waals surface area contributed by atoms with Gasteiger partial charge >= 0.3 is 11.9 Å². The Morgan fingerprint density at radius 3 is 1.33 bits per heavy atom. The Morgan fingerprint density at radius 1 is 0.583 bits per heavy atom. The molecule has 0 aliphatic heterocycles. The van der Waals surface area contributed by atoms with Gasteiger partial charge in [0.05, 0.1) is 0 Å². The third-order valence-electron chi connectivity index (χ3n) is 5.25. The molecule has 4 aromatic rings. The largest absolute Gasteiger partial charge is 0.488 e. The highest BCUT2D eigenvalue weighted by Crippen LogP contribution is 2.24. The highest BCUT2D eigenvalue weighted by molar-refractivity contribution is 5.91. The summed E-state index contributed by atoms with van der Waals surface area (Å²) in [4.78, 5) is 23.3. The number of benzene rings is 4. The van der Waals surface area contributed by atoms with E-state index in [1.54, 1.807) is 24.3 Å². The van der Waals surface area contributed by atoms with Gasteiger partial charge in [0.25, 0.3) is 0 Å². The van der Waals surface area contributed by atoms with Crippen LogP contribution >= 0.6 is 0 Å². The van der Waals surface area contributed by atoms with Crippen molar-refractivity contribution in [3.05, 3.63) is 130 Å². The fraction of sp³-hybridized carbons (Fsp3) is 0.0667. The quantitative estimate of drug-likeness (QED) is 0.318. The van der Waals surface area contributed by atoms with Gasteiger partial charge in [-0.1, -0.05) is 72.5 Å². The van der Waals surface area contributed by atoms with Crippen molar-refractivity contribution >= 4 is 11.9 Å². The van der Waals surface area contributed by atoms with E-state index in [-0.39, 0.29) is 35.8 Å². The predicted octanol–water partition coefficient (Wildman–Crippen LogP) is 5.64. The Morgan fingerprint density at radius 2 is 0.972 bits per heavy atom. The van der Waals surface area contributed by atoms with Crippen LogP contribution in [0.25, 0.3) is 0 Å². The topological polar surface area (TPSA) is 93.1 Å². The van der Waals surface area contributed by atoms with Gasteiger partial charge in [-0.15, -0.1) is 0 Å². The van der Waals surface area contributed by atoms with Gasteiger partial charge in [-0.3, -0.25) is 0 Å². The first-order valence-corrected chi connectivity index (χ1v) is 11.1. The summed E-state index contributed by atoms with van der Waals surface area (Å²) in [5.41, 5.74) is 3.01. The number of rotatable bonds is 8. The average molecular weight is 479 g/mol. The molecule has 0 aliphatic carbocycles. The normalized spacial score (nSPS) is 10.1. The van der Waals surface area contributed by atoms with E-state index in [2.05, 4.69) is 11.8 Å². The van der Waals surface area contributed by atoms with Crippen LogP contribution in [0.4, 0.5) is 0 Å². The second-order valence-electron chi connectivity index (χ2n) is 7.83. The monoisotopic (exact) mass is 478 g/mol. The zero-order valence-electron chi connectivity index (χ0n) is 19.2. The molecule has 4 aromatic carbocycles. The molecule has 0 spiro atoms. The van der Waals surface area contributed by atoms with Crippen molar-refractivity contribution < 1.29 is 29.3 Å². The summed E-state index contributed by atoms with van der Waals surface area (Å²) in [5.74, 6) is 4.22. The summed E-state index contributed by atoms with van der Waals surface area (Å²) < 4.78 is 11.6. The molecule has 0 atom stereocenters. The van der Waals surface area contributed by atoms with Gasteiger partial charge in [0.1, 0.15) is 35.8 Å². The van der Waals surface area contributed by atoms with Crippen LogP contribution in [0, 0.1) is 11.8 Å². The molecule has 0 heterocycles. The van der Waals surface area contributed by atoms with E-state index in [9.17, 15) is 19.8 Å². The van der Waals surface area contributed by atoms with E-state index in [0.717, 1.165) is 11.1 Å². The lowest BCUT2D eigenvalue weighted by molar-refractivity contribution is 0.0680. The minimum Gasteiger partial charge on any atom is -0.488 e. The third-order valence-corrected chi connectivity index (χ3v) is 5.25. The second kappa shape index (κ2) is 11.4. The number of hydrogen-bond acceptors (Lipinski definition) is 4. The van der Waals surface area contributed by atoms with Crippen LogP contribution in [0.2, 0.25) is 0 Å². The molecule has 0 amide bonds. The lowest BCUT2D eigenvalue weighted by atomic mass is 10.1. The molecular formula is C30H22O6. The highest BCUT2D eigenvalue weighted by atomic mass is 16.5. The van der Waals surface area contributed by atoms with E-state index < -0.39 is 11.9 Å². The van der Waals surface area contributed by atoms with E-state index >= 15 is 0 Å². The van der Waals surface area contributed by atoms with E-state index in [1.807, 2.05) is 60.7 Å². The van der Waals surface area contributed by atoms with Crippen molar-refractivity contribution in [3.63, 3.8) is 0 Å². The molecule has 178 valence electrons. The zero-order valence-corrected chi connectivity index (χ0v) is 19.2. The standard InChI is InChI=1S/C30H22O6/c31-29(32)25-15-13-21(17-27(25)35-19-23-7-3-1-4-8-23)11-12-22-14-16-26(30(33)34)28(18-22)36-20-24-9-5-2-6-10-24/h1-10,13-18H,19-20H2,(H,31,32)(H,33,34). The molecule has 4 rings (SSSR count). The maximum Gasteiger partial charge on any atom is 0.339 e. The number of carboxylic acid groups (broad SMARTS) is 2. The Hall–Kier alpha value is -5.02. The van der Waals surface area contributed by atoms with Gasteiger partial charge in [-0.2, -0.15) is 0 Å². The molecule has 0 saturated carbocycles. The molecule has 36 heavy (non-hydrogen) atoms. The minimum atomic E-state index is -1.10. The van der Waals surface area contributed by atoms with Crippen LogP contribution in [0.15, 0.2) is 97.1 Å². The Balaban J connectivity index is 1.57. The summed E-state index contributed by atoms with van der Waals surface area (Å²) >= 11 is 0. The first kappa shape index (κ1) is 24.1. The van der Waals surface area contributed by atoms with Gasteiger partial charge in [0.15, 0.2) is 0 Å². The van der Waals surface area contributed by atoms with Gasteiger partial charge in [0, 0.05) is 11.1 Å². The lowest BCUT2D eigenvalue weighted by Crippen LogP contribution is -2.04. The maximum absolute atomic E-state index is 11.6. The summed E-state index contributed by atoms with van der Waals surface area (Å²) in [6, 6.07) is 28.1. The molecule has 0 radical (unpaired) electrons. The highest BCUT2D eigenvalue weighted by Gasteiger charge is 2.13. The SMILES string of the molecule is O=C(O)c1ccc(C#Cc2ccc(C(=O)O)c(OCc3ccccc3)c2)cc1OCc1ccccc1. The van der Waals surface area contributed by atoms with Crippen molar-refractivity contribution in [1.82, 2.24) is 0 Å². The number of aromatic carboxylic acids is 2. The van der Waals surface area contributed by atoms with Crippen molar-refractivity contribution in [1.29, 1.82) is 0 Å². The van der Waals surface area contributed by atoms with Crippen molar-refractivity contribution in [2.45, 2.75) is 13.2 Å². The number of ether oxygens (including phenoxy) is 2. The molecule has 6 nitrogen and oxygen atoms in total. The molecule has 0 saturated heterocycles. The molecule has 0 aromatic heterocycles. The summed E-state index contributed by atoms with van der Waals surface area (Å²) in [7, 11) is 0. The van der Waals surface area contributed by atoms with Gasteiger partial charge in [0.2, 0.25) is 0 Å². The van der Waals surface area contributed by atoms with Crippen molar-refractivity contribution in [3.8, 4) is 23.3 Å². The minimum absolute atomic E-state index is 0.0406. The lowest BCUT2D eigenvalue weighted by Gasteiger charge is -2.10. The predicted molar refractivity (Wildman–Crippen MR) is 134 cm³/mol. The smallest absolute Gasteiger partial charge is 0.339 e. The fourth-order valence-corrected chi connectivity index (χ4v) is 3.41. The fourth-order valence-electron chi connectivity index (χ4n) is 3.41. The molecule has 0 aliphatic rings. The van der Waals surface area contributed by atoms with E-state index in [0.29, 0.717) is 11.1 Å². The molecule has 0 bridgehead atoms. The number of hydrogen-bond donors (Lipinski definition) is 2. The number of carbonyl (C=O) groups is 2. The van der Waals surface area contributed by atoms with Crippen LogP contribution < -0.4 is 9.47 Å². The number of carboxylic acids is 2. The second-order valence-corrected chi connectivity index (χ2v) is 7.83. The van der Waals surface area contributed by atoms with Crippen LogP contribution in [-0.4, -0.2) is 22.2 Å². The van der Waals surface area contributed by atoms with Gasteiger partial charge < -0.3 is 19.7 Å². The Labute approximate surface area is 208 Å². The molecule has 0 fully saturated rings. The first-order valence-electron chi connectivity index (χ1n) is 11.1. The molecule has 2 N–H and O–H groups in total. The maximum atomic E-state index is 11.6. The van der Waals surface area contributed by atoms with Crippen LogP contribution in [0.5, 0.6) is 11.5 Å². The van der Waals surface area contributed by atoms with Gasteiger partial charge in [-0.25, -0.2) is 9.59 Å². The summed E-state index contributed by atoms with van der Waals surface area (Å²) in [6.07, 6.45) is 0. The van der Waals surface area contributed by atoms with Crippen LogP contribution in [-0.2, 0) is 13.2 Å². The van der Waals surface area contributed by atoms with Crippen molar-refractivity contribution in [2.24, 2.45) is 0 Å². The van der Waals surface area contributed by atoms with Crippen LogP contribution in [0.3, 0.4) is 0 Å². The van der Waals surface area contributed by atoms with E-state index in [4.69, 9.17) is 9.47 Å². The molecular weight excluding hydrogens is 456 g/mol. The molecule has 6 heteroatoms. The van der Waals surface area contributed by atoms with E-state index in [1.165, 1.54) is 12.1 Å². The summed E-state index contributed by atoms with van der Waals surface area (Å²) in [5, 5.41) is 19.0. The van der Waals surface area contributed by atoms with Crippen molar-refractivity contribution in [2.75, 3.05) is 0 Å². The molecule has 0 unspecified atom stereocenters. The third kappa shape index (κ3) is 6.31. The van der Waals surface area contributed by atoms with Crippen LogP contribution in [0.1, 0.15) is 43.0 Å². The zero-order chi connectivity index (χ0) is 25.3.